The molecule has 1 aromatic heterocycles. The highest BCUT2D eigenvalue weighted by atomic mass is 79.9. The molecule has 0 saturated heterocycles. The van der Waals surface area contributed by atoms with Crippen molar-refractivity contribution in [3.05, 3.63) is 29.6 Å². The lowest BCUT2D eigenvalue weighted by Crippen LogP contribution is -2.27. The highest BCUT2D eigenvalue weighted by Gasteiger charge is 2.32. The maximum absolute atomic E-state index is 12.9. The molecule has 0 aliphatic rings. The fraction of sp³-hybridized carbons (Fsp3) is 0.500. The van der Waals surface area contributed by atoms with Crippen molar-refractivity contribution in [1.82, 2.24) is 4.98 Å². The molecular formula is C10H12BrF2N. The van der Waals surface area contributed by atoms with E-state index in [1.165, 1.54) is 0 Å². The van der Waals surface area contributed by atoms with Crippen molar-refractivity contribution in [3.63, 3.8) is 0 Å². The van der Waals surface area contributed by atoms with Gasteiger partial charge in [0.15, 0.2) is 0 Å². The van der Waals surface area contributed by atoms with Crippen LogP contribution in [0.15, 0.2) is 18.3 Å². The molecule has 0 aromatic carbocycles. The van der Waals surface area contributed by atoms with Gasteiger partial charge in [0.1, 0.15) is 0 Å². The molecule has 78 valence electrons. The summed E-state index contributed by atoms with van der Waals surface area (Å²) in [4.78, 5) is 3.21. The minimum atomic E-state index is -2.72. The molecule has 14 heavy (non-hydrogen) atoms. The first-order valence-corrected chi connectivity index (χ1v) is 5.25. The molecule has 1 nitrogen and oxygen atoms in total. The van der Waals surface area contributed by atoms with Crippen LogP contribution in [0.2, 0.25) is 0 Å². The number of hydrogen-bond acceptors (Lipinski definition) is 1. The van der Waals surface area contributed by atoms with E-state index < -0.39 is 10.7 Å². The summed E-state index contributed by atoms with van der Waals surface area (Å²) in [6, 6.07) is 3.67. The molecule has 1 heterocycles. The van der Waals surface area contributed by atoms with E-state index in [-0.39, 0.29) is 6.42 Å². The van der Waals surface area contributed by atoms with E-state index in [0.29, 0.717) is 0 Å². The molecule has 0 radical (unpaired) electrons. The molecular weight excluding hydrogens is 252 g/mol. The highest BCUT2D eigenvalue weighted by molar-refractivity contribution is 9.09. The summed E-state index contributed by atoms with van der Waals surface area (Å²) in [6.07, 6.45) is 1.87. The van der Waals surface area contributed by atoms with Gasteiger partial charge in [-0.25, -0.2) is 8.78 Å². The van der Waals surface area contributed by atoms with E-state index in [4.69, 9.17) is 0 Å². The van der Waals surface area contributed by atoms with Crippen LogP contribution in [0.5, 0.6) is 0 Å². The Morgan fingerprint density at radius 3 is 2.71 bits per heavy atom. The summed E-state index contributed by atoms with van der Waals surface area (Å²) in [5.74, 6) is -2.72. The van der Waals surface area contributed by atoms with Crippen LogP contribution in [-0.2, 0) is 6.42 Å². The Morgan fingerprint density at radius 2 is 2.21 bits per heavy atom. The molecule has 0 N–H and O–H groups in total. The standard InChI is InChI=1S/C10H12BrF2N/c1-7-4-3-5-14-8(7)6-9(11)10(2,12)13/h3-5,9H,6H2,1-2H3. The average molecular weight is 264 g/mol. The Balaban J connectivity index is 2.75. The van der Waals surface area contributed by atoms with Gasteiger partial charge in [0.05, 0.1) is 4.83 Å². The van der Waals surface area contributed by atoms with Gasteiger partial charge in [0, 0.05) is 25.2 Å². The second-order valence-electron chi connectivity index (χ2n) is 3.39. The zero-order chi connectivity index (χ0) is 10.8. The van der Waals surface area contributed by atoms with Crippen LogP contribution in [0.1, 0.15) is 18.2 Å². The molecule has 0 saturated carbocycles. The summed E-state index contributed by atoms with van der Waals surface area (Å²) < 4.78 is 25.7. The van der Waals surface area contributed by atoms with Gasteiger partial charge in [-0.05, 0) is 18.6 Å². The molecule has 1 unspecified atom stereocenters. The van der Waals surface area contributed by atoms with E-state index in [9.17, 15) is 8.78 Å². The van der Waals surface area contributed by atoms with Crippen molar-refractivity contribution >= 4 is 15.9 Å². The summed E-state index contributed by atoms with van der Waals surface area (Å²) in [6.45, 7) is 2.78. The third kappa shape index (κ3) is 3.01. The molecule has 1 atom stereocenters. The Bertz CT molecular complexity index is 309. The Kier molecular flexibility index (Phi) is 3.59. The number of pyridine rings is 1. The molecule has 0 aliphatic carbocycles. The molecule has 0 spiro atoms. The van der Waals surface area contributed by atoms with E-state index in [0.717, 1.165) is 18.2 Å². The van der Waals surface area contributed by atoms with Crippen LogP contribution in [0.3, 0.4) is 0 Å². The van der Waals surface area contributed by atoms with Crippen LogP contribution >= 0.6 is 15.9 Å². The topological polar surface area (TPSA) is 12.9 Å². The summed E-state index contributed by atoms with van der Waals surface area (Å²) in [5, 5.41) is 0. The minimum Gasteiger partial charge on any atom is -0.261 e. The first kappa shape index (κ1) is 11.6. The Hall–Kier alpha value is -0.510. The number of aromatic nitrogens is 1. The molecule has 4 heteroatoms. The van der Waals surface area contributed by atoms with Gasteiger partial charge in [0.25, 0.3) is 5.92 Å². The number of halogens is 3. The monoisotopic (exact) mass is 263 g/mol. The quantitative estimate of drug-likeness (QED) is 0.763. The normalized spacial score (nSPS) is 14.1. The zero-order valence-electron chi connectivity index (χ0n) is 8.10. The second kappa shape index (κ2) is 4.34. The van der Waals surface area contributed by atoms with Crippen molar-refractivity contribution in [2.45, 2.75) is 31.0 Å². The molecule has 1 rings (SSSR count). The summed E-state index contributed by atoms with van der Waals surface area (Å²) >= 11 is 2.98. The van der Waals surface area contributed by atoms with E-state index in [2.05, 4.69) is 20.9 Å². The van der Waals surface area contributed by atoms with E-state index in [1.807, 2.05) is 13.0 Å². The molecule has 0 fully saturated rings. The van der Waals surface area contributed by atoms with Crippen LogP contribution in [-0.4, -0.2) is 15.7 Å². The largest absolute Gasteiger partial charge is 0.261 e. The number of alkyl halides is 3. The van der Waals surface area contributed by atoms with Gasteiger partial charge < -0.3 is 0 Å². The lowest BCUT2D eigenvalue weighted by Gasteiger charge is -2.17. The van der Waals surface area contributed by atoms with Crippen molar-refractivity contribution in [2.75, 3.05) is 0 Å². The maximum Gasteiger partial charge on any atom is 0.258 e. The SMILES string of the molecule is Cc1cccnc1CC(Br)C(C)(F)F. The van der Waals surface area contributed by atoms with Crippen LogP contribution in [0, 0.1) is 6.92 Å². The molecule has 1 aromatic rings. The number of hydrogen-bond donors (Lipinski definition) is 0. The van der Waals surface area contributed by atoms with Crippen molar-refractivity contribution in [3.8, 4) is 0 Å². The van der Waals surface area contributed by atoms with Gasteiger partial charge in [-0.2, -0.15) is 0 Å². The van der Waals surface area contributed by atoms with Crippen LogP contribution < -0.4 is 0 Å². The fourth-order valence-corrected chi connectivity index (χ4v) is 1.39. The Morgan fingerprint density at radius 1 is 1.57 bits per heavy atom. The van der Waals surface area contributed by atoms with Gasteiger partial charge >= 0.3 is 0 Å². The van der Waals surface area contributed by atoms with E-state index >= 15 is 0 Å². The van der Waals surface area contributed by atoms with Gasteiger partial charge in [-0.3, -0.25) is 4.98 Å². The van der Waals surface area contributed by atoms with Crippen molar-refractivity contribution < 1.29 is 8.78 Å². The maximum atomic E-state index is 12.9. The highest BCUT2D eigenvalue weighted by Crippen LogP contribution is 2.27. The number of aryl methyl sites for hydroxylation is 1. The van der Waals surface area contributed by atoms with Crippen LogP contribution in [0.25, 0.3) is 0 Å². The smallest absolute Gasteiger partial charge is 0.258 e. The lowest BCUT2D eigenvalue weighted by molar-refractivity contribution is 0.0216. The third-order valence-electron chi connectivity index (χ3n) is 2.04. The predicted molar refractivity (Wildman–Crippen MR) is 56.0 cm³/mol. The van der Waals surface area contributed by atoms with E-state index in [1.54, 1.807) is 12.3 Å². The first-order valence-electron chi connectivity index (χ1n) is 4.33. The summed E-state index contributed by atoms with van der Waals surface area (Å²) in [7, 11) is 0. The average Bonchev–Trinajstić information content (AvgIpc) is 2.07. The van der Waals surface area contributed by atoms with Gasteiger partial charge in [0.2, 0.25) is 0 Å². The fourth-order valence-electron chi connectivity index (χ4n) is 1.08. The summed E-state index contributed by atoms with van der Waals surface area (Å²) in [5.41, 5.74) is 1.66. The zero-order valence-corrected chi connectivity index (χ0v) is 9.68. The number of rotatable bonds is 3. The first-order chi connectivity index (χ1) is 6.41. The molecule has 0 aliphatic heterocycles. The lowest BCUT2D eigenvalue weighted by atomic mass is 10.1. The van der Waals surface area contributed by atoms with Crippen molar-refractivity contribution in [1.29, 1.82) is 0 Å². The molecule has 0 amide bonds. The Labute approximate surface area is 90.7 Å². The van der Waals surface area contributed by atoms with Gasteiger partial charge in [-0.1, -0.05) is 22.0 Å². The molecule has 0 bridgehead atoms. The van der Waals surface area contributed by atoms with Crippen molar-refractivity contribution in [2.24, 2.45) is 0 Å². The predicted octanol–water partition coefficient (Wildman–Crippen LogP) is 3.35. The minimum absolute atomic E-state index is 0.246. The van der Waals surface area contributed by atoms with Crippen LogP contribution in [0.4, 0.5) is 8.78 Å². The third-order valence-corrected chi connectivity index (χ3v) is 3.17. The number of nitrogens with zero attached hydrogens (tertiary/aromatic N) is 1. The second-order valence-corrected chi connectivity index (χ2v) is 4.50. The van der Waals surface area contributed by atoms with Gasteiger partial charge in [-0.15, -0.1) is 0 Å².